The molecule has 0 aliphatic carbocycles. The SMILES string of the molecule is CC(=O)N1C[C@H]2CSCN2c2cccnc21. The lowest BCUT2D eigenvalue weighted by Crippen LogP contribution is -2.48. The van der Waals surface area contributed by atoms with Crippen LogP contribution in [-0.2, 0) is 4.79 Å². The van der Waals surface area contributed by atoms with E-state index in [-0.39, 0.29) is 5.91 Å². The third kappa shape index (κ3) is 1.38. The summed E-state index contributed by atoms with van der Waals surface area (Å²) in [4.78, 5) is 20.1. The van der Waals surface area contributed by atoms with Crippen molar-refractivity contribution in [3.8, 4) is 0 Å². The Kier molecular flexibility index (Phi) is 2.28. The smallest absolute Gasteiger partial charge is 0.225 e. The van der Waals surface area contributed by atoms with Crippen LogP contribution in [0.2, 0.25) is 0 Å². The summed E-state index contributed by atoms with van der Waals surface area (Å²) in [5.74, 6) is 3.00. The van der Waals surface area contributed by atoms with Crippen molar-refractivity contribution in [3.05, 3.63) is 18.3 Å². The summed E-state index contributed by atoms with van der Waals surface area (Å²) in [6, 6.07) is 4.43. The number of fused-ring (bicyclic) bond motifs is 3. The zero-order valence-corrected chi connectivity index (χ0v) is 9.91. The molecule has 0 unspecified atom stereocenters. The number of aromatic nitrogens is 1. The van der Waals surface area contributed by atoms with Gasteiger partial charge < -0.3 is 4.90 Å². The van der Waals surface area contributed by atoms with Crippen LogP contribution in [0.4, 0.5) is 11.5 Å². The maximum atomic E-state index is 11.6. The molecule has 3 rings (SSSR count). The standard InChI is InChI=1S/C11H13N3OS/c1-8(15)13-5-9-6-16-7-14(9)10-3-2-4-12-11(10)13/h2-4,9H,5-7H2,1H3/t9-/m0/s1. The monoisotopic (exact) mass is 235 g/mol. The van der Waals surface area contributed by atoms with E-state index in [1.807, 2.05) is 17.8 Å². The molecule has 16 heavy (non-hydrogen) atoms. The first-order valence-corrected chi connectivity index (χ1v) is 6.50. The van der Waals surface area contributed by atoms with Crippen molar-refractivity contribution in [2.45, 2.75) is 13.0 Å². The number of pyridine rings is 1. The van der Waals surface area contributed by atoms with Gasteiger partial charge in [-0.2, -0.15) is 0 Å². The third-order valence-corrected chi connectivity index (χ3v) is 4.17. The van der Waals surface area contributed by atoms with Gasteiger partial charge >= 0.3 is 0 Å². The zero-order valence-electron chi connectivity index (χ0n) is 9.09. The van der Waals surface area contributed by atoms with Gasteiger partial charge in [0.05, 0.1) is 17.6 Å². The minimum absolute atomic E-state index is 0.0801. The molecule has 0 spiro atoms. The van der Waals surface area contributed by atoms with Crippen LogP contribution in [0.1, 0.15) is 6.92 Å². The number of anilines is 2. The molecule has 2 aliphatic rings. The Morgan fingerprint density at radius 2 is 2.50 bits per heavy atom. The number of thioether (sulfide) groups is 1. The van der Waals surface area contributed by atoms with Crippen LogP contribution in [0.5, 0.6) is 0 Å². The minimum atomic E-state index is 0.0801. The van der Waals surface area contributed by atoms with Crippen molar-refractivity contribution in [2.75, 3.05) is 28.0 Å². The molecule has 1 aromatic rings. The molecule has 2 aliphatic heterocycles. The molecule has 1 fully saturated rings. The van der Waals surface area contributed by atoms with Gasteiger partial charge in [-0.3, -0.25) is 9.69 Å². The van der Waals surface area contributed by atoms with Crippen LogP contribution < -0.4 is 9.80 Å². The first-order chi connectivity index (χ1) is 7.77. The van der Waals surface area contributed by atoms with Crippen LogP contribution in [-0.4, -0.2) is 35.1 Å². The fourth-order valence-corrected chi connectivity index (χ4v) is 3.50. The number of carbonyl (C=O) groups excluding carboxylic acids is 1. The highest BCUT2D eigenvalue weighted by Crippen LogP contribution is 2.38. The molecule has 4 nitrogen and oxygen atoms in total. The van der Waals surface area contributed by atoms with E-state index in [0.717, 1.165) is 29.7 Å². The fraction of sp³-hybridized carbons (Fsp3) is 0.455. The summed E-state index contributed by atoms with van der Waals surface area (Å²) in [6.07, 6.45) is 1.75. The summed E-state index contributed by atoms with van der Waals surface area (Å²) < 4.78 is 0. The van der Waals surface area contributed by atoms with Crippen LogP contribution in [0.25, 0.3) is 0 Å². The van der Waals surface area contributed by atoms with Gasteiger partial charge in [0.25, 0.3) is 0 Å². The van der Waals surface area contributed by atoms with E-state index in [4.69, 9.17) is 0 Å². The first kappa shape index (κ1) is 9.96. The van der Waals surface area contributed by atoms with Gasteiger partial charge in [-0.1, -0.05) is 0 Å². The largest absolute Gasteiger partial charge is 0.354 e. The van der Waals surface area contributed by atoms with E-state index in [1.165, 1.54) is 0 Å². The second-order valence-electron chi connectivity index (χ2n) is 4.10. The number of amides is 1. The molecular weight excluding hydrogens is 222 g/mol. The normalized spacial score (nSPS) is 22.9. The Balaban J connectivity index is 2.09. The molecule has 3 heterocycles. The Labute approximate surface area is 98.6 Å². The summed E-state index contributed by atoms with van der Waals surface area (Å²) >= 11 is 1.92. The lowest BCUT2D eigenvalue weighted by atomic mass is 10.1. The van der Waals surface area contributed by atoms with Crippen molar-refractivity contribution in [3.63, 3.8) is 0 Å². The number of hydrogen-bond donors (Lipinski definition) is 0. The summed E-state index contributed by atoms with van der Waals surface area (Å²) in [6.45, 7) is 2.38. The molecule has 0 saturated carbocycles. The lowest BCUT2D eigenvalue weighted by molar-refractivity contribution is -0.116. The van der Waals surface area contributed by atoms with Crippen molar-refractivity contribution in [1.82, 2.24) is 4.98 Å². The highest BCUT2D eigenvalue weighted by atomic mass is 32.2. The Morgan fingerprint density at radius 3 is 3.31 bits per heavy atom. The molecular formula is C11H13N3OS. The molecule has 84 valence electrons. The number of hydrogen-bond acceptors (Lipinski definition) is 4. The quantitative estimate of drug-likeness (QED) is 0.679. The van der Waals surface area contributed by atoms with Gasteiger partial charge in [0.1, 0.15) is 0 Å². The van der Waals surface area contributed by atoms with Crippen LogP contribution in [0, 0.1) is 0 Å². The van der Waals surface area contributed by atoms with E-state index < -0.39 is 0 Å². The molecule has 1 aromatic heterocycles. The lowest BCUT2D eigenvalue weighted by Gasteiger charge is -2.38. The molecule has 1 saturated heterocycles. The van der Waals surface area contributed by atoms with Crippen molar-refractivity contribution >= 4 is 29.2 Å². The van der Waals surface area contributed by atoms with E-state index in [2.05, 4.69) is 16.0 Å². The van der Waals surface area contributed by atoms with Crippen molar-refractivity contribution in [1.29, 1.82) is 0 Å². The predicted molar refractivity (Wildman–Crippen MR) is 65.9 cm³/mol. The summed E-state index contributed by atoms with van der Waals surface area (Å²) in [7, 11) is 0. The average Bonchev–Trinajstić information content (AvgIpc) is 2.75. The number of nitrogens with zero attached hydrogens (tertiary/aromatic N) is 3. The van der Waals surface area contributed by atoms with Gasteiger partial charge in [-0.25, -0.2) is 4.98 Å². The second-order valence-corrected chi connectivity index (χ2v) is 5.10. The number of carbonyl (C=O) groups is 1. The van der Waals surface area contributed by atoms with Gasteiger partial charge in [0, 0.05) is 25.4 Å². The summed E-state index contributed by atoms with van der Waals surface area (Å²) in [5, 5.41) is 0. The van der Waals surface area contributed by atoms with Crippen molar-refractivity contribution in [2.24, 2.45) is 0 Å². The van der Waals surface area contributed by atoms with E-state index in [0.29, 0.717) is 6.04 Å². The van der Waals surface area contributed by atoms with E-state index in [1.54, 1.807) is 18.0 Å². The van der Waals surface area contributed by atoms with Crippen molar-refractivity contribution < 1.29 is 4.79 Å². The Morgan fingerprint density at radius 1 is 1.62 bits per heavy atom. The van der Waals surface area contributed by atoms with E-state index >= 15 is 0 Å². The molecule has 0 aromatic carbocycles. The highest BCUT2D eigenvalue weighted by Gasteiger charge is 2.36. The molecule has 0 bridgehead atoms. The fourth-order valence-electron chi connectivity index (χ4n) is 2.30. The molecule has 1 amide bonds. The Bertz CT molecular complexity index is 437. The molecule has 5 heteroatoms. The van der Waals surface area contributed by atoms with Crippen LogP contribution >= 0.6 is 11.8 Å². The third-order valence-electron chi connectivity index (χ3n) is 3.09. The molecule has 1 atom stereocenters. The van der Waals surface area contributed by atoms with Gasteiger partial charge in [0.15, 0.2) is 5.82 Å². The maximum Gasteiger partial charge on any atom is 0.225 e. The van der Waals surface area contributed by atoms with Gasteiger partial charge in [-0.15, -0.1) is 11.8 Å². The molecule has 0 radical (unpaired) electrons. The second kappa shape index (κ2) is 3.66. The average molecular weight is 235 g/mol. The van der Waals surface area contributed by atoms with E-state index in [9.17, 15) is 4.79 Å². The highest BCUT2D eigenvalue weighted by molar-refractivity contribution is 7.99. The van der Waals surface area contributed by atoms with Gasteiger partial charge in [-0.05, 0) is 12.1 Å². The van der Waals surface area contributed by atoms with Crippen LogP contribution in [0.3, 0.4) is 0 Å². The maximum absolute atomic E-state index is 11.6. The predicted octanol–water partition coefficient (Wildman–Crippen LogP) is 1.33. The Hall–Kier alpha value is -1.23. The minimum Gasteiger partial charge on any atom is -0.354 e. The topological polar surface area (TPSA) is 36.4 Å². The molecule has 0 N–H and O–H groups in total. The number of rotatable bonds is 0. The van der Waals surface area contributed by atoms with Crippen LogP contribution in [0.15, 0.2) is 18.3 Å². The first-order valence-electron chi connectivity index (χ1n) is 5.35. The summed E-state index contributed by atoms with van der Waals surface area (Å²) in [5.41, 5.74) is 1.10. The van der Waals surface area contributed by atoms with Gasteiger partial charge in [0.2, 0.25) is 5.91 Å². The zero-order chi connectivity index (χ0) is 11.1.